The number of rotatable bonds is 4. The third-order valence-electron chi connectivity index (χ3n) is 3.44. The van der Waals surface area contributed by atoms with Gasteiger partial charge in [0.15, 0.2) is 0 Å². The topological polar surface area (TPSA) is 37.4 Å². The van der Waals surface area contributed by atoms with E-state index in [1.165, 1.54) is 0 Å². The van der Waals surface area contributed by atoms with Crippen LogP contribution in [0, 0.1) is 0 Å². The summed E-state index contributed by atoms with van der Waals surface area (Å²) in [6.07, 6.45) is 3.56. The predicted molar refractivity (Wildman–Crippen MR) is 78.3 cm³/mol. The summed E-state index contributed by atoms with van der Waals surface area (Å²) in [6.45, 7) is 0.576. The highest BCUT2D eigenvalue weighted by Crippen LogP contribution is 2.27. The molecule has 1 saturated heterocycles. The lowest BCUT2D eigenvalue weighted by Crippen LogP contribution is -2.43. The molecule has 0 amide bonds. The summed E-state index contributed by atoms with van der Waals surface area (Å²) < 4.78 is 26.8. The van der Waals surface area contributed by atoms with Crippen molar-refractivity contribution in [3.8, 4) is 0 Å². The molecule has 0 N–H and O–H groups in total. The van der Waals surface area contributed by atoms with Gasteiger partial charge in [-0.05, 0) is 43.5 Å². The number of hydrogen-bond donors (Lipinski definition) is 0. The normalized spacial score (nSPS) is 21.5. The van der Waals surface area contributed by atoms with Crippen molar-refractivity contribution < 1.29 is 8.42 Å². The Hall–Kier alpha value is -0.290. The first-order valence-electron chi connectivity index (χ1n) is 6.39. The average molecular weight is 322 g/mol. The first-order valence-corrected chi connectivity index (χ1v) is 8.74. The maximum Gasteiger partial charge on any atom is 0.243 e. The zero-order valence-electron chi connectivity index (χ0n) is 10.6. The van der Waals surface area contributed by atoms with E-state index in [1.54, 1.807) is 28.6 Å². The van der Waals surface area contributed by atoms with E-state index in [2.05, 4.69) is 0 Å². The van der Waals surface area contributed by atoms with E-state index < -0.39 is 10.0 Å². The first kappa shape index (κ1) is 15.1. The molecule has 1 aliphatic heterocycles. The fourth-order valence-electron chi connectivity index (χ4n) is 2.45. The van der Waals surface area contributed by atoms with Crippen LogP contribution in [0.2, 0.25) is 5.02 Å². The van der Waals surface area contributed by atoms with E-state index in [0.717, 1.165) is 19.3 Å². The van der Waals surface area contributed by atoms with Gasteiger partial charge in [0.1, 0.15) is 0 Å². The molecule has 1 atom stereocenters. The van der Waals surface area contributed by atoms with Gasteiger partial charge in [-0.2, -0.15) is 4.31 Å². The smallest absolute Gasteiger partial charge is 0.207 e. The molecule has 1 heterocycles. The van der Waals surface area contributed by atoms with Crippen LogP contribution in [0.25, 0.3) is 0 Å². The third-order valence-corrected chi connectivity index (χ3v) is 5.87. The molecule has 3 nitrogen and oxygen atoms in total. The second kappa shape index (κ2) is 6.44. The predicted octanol–water partition coefficient (Wildman–Crippen LogP) is 3.51. The summed E-state index contributed by atoms with van der Waals surface area (Å²) in [5.41, 5.74) is 0. The minimum Gasteiger partial charge on any atom is -0.207 e. The van der Waals surface area contributed by atoms with Gasteiger partial charge < -0.3 is 0 Å². The summed E-state index contributed by atoms with van der Waals surface area (Å²) in [5.74, 6) is 0.483. The van der Waals surface area contributed by atoms with Gasteiger partial charge in [0.05, 0.1) is 4.90 Å². The molecule has 6 heteroatoms. The molecule has 2 rings (SSSR count). The van der Waals surface area contributed by atoms with Gasteiger partial charge in [0.25, 0.3) is 0 Å². The summed E-state index contributed by atoms with van der Waals surface area (Å²) >= 11 is 11.6. The molecule has 1 unspecified atom stereocenters. The van der Waals surface area contributed by atoms with E-state index >= 15 is 0 Å². The van der Waals surface area contributed by atoms with Crippen molar-refractivity contribution in [2.24, 2.45) is 0 Å². The Bertz CT molecular complexity index is 514. The van der Waals surface area contributed by atoms with E-state index in [1.807, 2.05) is 0 Å². The van der Waals surface area contributed by atoms with Crippen LogP contribution in [0.4, 0.5) is 0 Å². The van der Waals surface area contributed by atoms with Crippen molar-refractivity contribution in [2.75, 3.05) is 12.4 Å². The largest absolute Gasteiger partial charge is 0.243 e. The highest BCUT2D eigenvalue weighted by Gasteiger charge is 2.32. The Morgan fingerprint density at radius 3 is 2.53 bits per heavy atom. The Labute approximate surface area is 124 Å². The molecule has 1 aliphatic rings. The Morgan fingerprint density at radius 2 is 1.89 bits per heavy atom. The lowest BCUT2D eigenvalue weighted by molar-refractivity contribution is 0.247. The van der Waals surface area contributed by atoms with Crippen LogP contribution in [0.15, 0.2) is 29.2 Å². The van der Waals surface area contributed by atoms with E-state index in [9.17, 15) is 8.42 Å². The molecule has 0 aromatic heterocycles. The van der Waals surface area contributed by atoms with Crippen LogP contribution < -0.4 is 0 Å². The molecule has 1 fully saturated rings. The zero-order valence-corrected chi connectivity index (χ0v) is 12.9. The van der Waals surface area contributed by atoms with Gasteiger partial charge in [0, 0.05) is 23.5 Å². The Balaban J connectivity index is 2.28. The molecule has 106 valence electrons. The number of piperidine rings is 1. The average Bonchev–Trinajstić information content (AvgIpc) is 2.40. The SMILES string of the molecule is O=S(=O)(c1ccc(Cl)cc1)N1CCCCC1CCCl. The maximum absolute atomic E-state index is 12.6. The van der Waals surface area contributed by atoms with E-state index in [-0.39, 0.29) is 6.04 Å². The number of sulfonamides is 1. The van der Waals surface area contributed by atoms with Crippen molar-refractivity contribution in [2.45, 2.75) is 36.6 Å². The molecule has 1 aromatic carbocycles. The molecule has 0 aliphatic carbocycles. The quantitative estimate of drug-likeness (QED) is 0.796. The summed E-state index contributed by atoms with van der Waals surface area (Å²) in [5, 5.41) is 0.537. The number of alkyl halides is 1. The van der Waals surface area contributed by atoms with Gasteiger partial charge >= 0.3 is 0 Å². The molecular formula is C13H17Cl2NO2S. The van der Waals surface area contributed by atoms with Crippen molar-refractivity contribution >= 4 is 33.2 Å². The van der Waals surface area contributed by atoms with Crippen molar-refractivity contribution in [1.29, 1.82) is 0 Å². The van der Waals surface area contributed by atoms with Gasteiger partial charge in [0.2, 0.25) is 10.0 Å². The Kier molecular flexibility index (Phi) is 5.12. The number of nitrogens with zero attached hydrogens (tertiary/aromatic N) is 1. The molecule has 0 spiro atoms. The lowest BCUT2D eigenvalue weighted by atomic mass is 10.0. The minimum absolute atomic E-state index is 0.0203. The fraction of sp³-hybridized carbons (Fsp3) is 0.538. The van der Waals surface area contributed by atoms with Crippen LogP contribution in [-0.4, -0.2) is 31.2 Å². The van der Waals surface area contributed by atoms with E-state index in [4.69, 9.17) is 23.2 Å². The summed E-state index contributed by atoms with van der Waals surface area (Å²) in [7, 11) is -3.43. The van der Waals surface area contributed by atoms with Crippen LogP contribution >= 0.6 is 23.2 Å². The zero-order chi connectivity index (χ0) is 13.9. The highest BCUT2D eigenvalue weighted by atomic mass is 35.5. The molecule has 19 heavy (non-hydrogen) atoms. The molecule has 1 aromatic rings. The number of benzene rings is 1. The monoisotopic (exact) mass is 321 g/mol. The highest BCUT2D eigenvalue weighted by molar-refractivity contribution is 7.89. The maximum atomic E-state index is 12.6. The standard InChI is InChI=1S/C13H17Cl2NO2S/c14-9-8-12-3-1-2-10-16(12)19(17,18)13-6-4-11(15)5-7-13/h4-7,12H,1-3,8-10H2. The summed E-state index contributed by atoms with van der Waals surface area (Å²) in [4.78, 5) is 0.304. The van der Waals surface area contributed by atoms with Crippen molar-refractivity contribution in [3.05, 3.63) is 29.3 Å². The van der Waals surface area contributed by atoms with Crippen LogP contribution in [0.3, 0.4) is 0 Å². The first-order chi connectivity index (χ1) is 9.05. The van der Waals surface area contributed by atoms with Gasteiger partial charge in [-0.25, -0.2) is 8.42 Å². The van der Waals surface area contributed by atoms with Gasteiger partial charge in [-0.15, -0.1) is 11.6 Å². The lowest BCUT2D eigenvalue weighted by Gasteiger charge is -2.34. The van der Waals surface area contributed by atoms with Crippen LogP contribution in [-0.2, 0) is 10.0 Å². The number of halogens is 2. The Morgan fingerprint density at radius 1 is 1.21 bits per heavy atom. The van der Waals surface area contributed by atoms with Gasteiger partial charge in [-0.1, -0.05) is 18.0 Å². The minimum atomic E-state index is -3.43. The molecule has 0 bridgehead atoms. The van der Waals surface area contributed by atoms with E-state index in [0.29, 0.717) is 28.8 Å². The second-order valence-corrected chi connectivity index (χ2v) is 7.40. The van der Waals surface area contributed by atoms with Gasteiger partial charge in [-0.3, -0.25) is 0 Å². The van der Waals surface area contributed by atoms with Crippen molar-refractivity contribution in [3.63, 3.8) is 0 Å². The fourth-order valence-corrected chi connectivity index (χ4v) is 4.55. The summed E-state index contributed by atoms with van der Waals surface area (Å²) in [6, 6.07) is 6.35. The van der Waals surface area contributed by atoms with Crippen LogP contribution in [0.1, 0.15) is 25.7 Å². The number of hydrogen-bond acceptors (Lipinski definition) is 2. The molecular weight excluding hydrogens is 305 g/mol. The van der Waals surface area contributed by atoms with Crippen molar-refractivity contribution in [1.82, 2.24) is 4.31 Å². The second-order valence-electron chi connectivity index (χ2n) is 4.70. The molecule has 0 saturated carbocycles. The van der Waals surface area contributed by atoms with Crippen LogP contribution in [0.5, 0.6) is 0 Å². The molecule has 0 radical (unpaired) electrons. The third kappa shape index (κ3) is 3.43.